The zero-order chi connectivity index (χ0) is 18.7. The number of amides is 2. The standard InChI is InChI=1S/C16H19N3O5S/c1-8(7-20)12(16(23)24)19-14(22)11(15(19)25)18-13(21)10(17)9-5-3-2-4-6-9/h2-3,6-7,10-11,15,25H,4-5,17H2,1H3,(H,18,21)(H,23,24)/t10-,11-,15-/m1/s1. The number of hydrogen-bond donors (Lipinski definition) is 4. The molecule has 0 saturated carbocycles. The number of aldehydes is 1. The van der Waals surface area contributed by atoms with Gasteiger partial charge >= 0.3 is 5.97 Å². The van der Waals surface area contributed by atoms with Crippen LogP contribution in [0.15, 0.2) is 35.1 Å². The van der Waals surface area contributed by atoms with Crippen molar-refractivity contribution in [2.45, 2.75) is 37.2 Å². The summed E-state index contributed by atoms with van der Waals surface area (Å²) in [7, 11) is 0. The monoisotopic (exact) mass is 365 g/mol. The number of carboxylic acid groups (broad SMARTS) is 1. The fourth-order valence-corrected chi connectivity index (χ4v) is 3.09. The molecule has 0 aromatic heterocycles. The Morgan fingerprint density at radius 3 is 2.64 bits per heavy atom. The van der Waals surface area contributed by atoms with Gasteiger partial charge in [-0.05, 0) is 25.3 Å². The Morgan fingerprint density at radius 2 is 2.16 bits per heavy atom. The molecule has 1 aliphatic carbocycles. The molecule has 4 N–H and O–H groups in total. The Hall–Kier alpha value is -2.39. The molecule has 134 valence electrons. The summed E-state index contributed by atoms with van der Waals surface area (Å²) >= 11 is 4.18. The van der Waals surface area contributed by atoms with Crippen molar-refractivity contribution in [2.75, 3.05) is 0 Å². The van der Waals surface area contributed by atoms with Gasteiger partial charge in [0.25, 0.3) is 5.91 Å². The van der Waals surface area contributed by atoms with Gasteiger partial charge in [-0.15, -0.1) is 0 Å². The molecule has 1 fully saturated rings. The molecule has 0 bridgehead atoms. The Labute approximate surface area is 149 Å². The minimum absolute atomic E-state index is 0.111. The van der Waals surface area contributed by atoms with E-state index in [2.05, 4.69) is 17.9 Å². The summed E-state index contributed by atoms with van der Waals surface area (Å²) < 4.78 is 0. The van der Waals surface area contributed by atoms with Gasteiger partial charge in [0.2, 0.25) is 5.91 Å². The highest BCUT2D eigenvalue weighted by atomic mass is 32.1. The molecule has 0 unspecified atom stereocenters. The largest absolute Gasteiger partial charge is 0.477 e. The molecule has 2 rings (SSSR count). The summed E-state index contributed by atoms with van der Waals surface area (Å²) in [6.07, 6.45) is 7.33. The summed E-state index contributed by atoms with van der Waals surface area (Å²) in [5.74, 6) is -2.61. The van der Waals surface area contributed by atoms with Gasteiger partial charge in [-0.3, -0.25) is 19.3 Å². The highest BCUT2D eigenvalue weighted by Crippen LogP contribution is 2.29. The second-order valence-electron chi connectivity index (χ2n) is 5.73. The number of nitrogens with zero attached hydrogens (tertiary/aromatic N) is 1. The maximum Gasteiger partial charge on any atom is 0.353 e. The predicted molar refractivity (Wildman–Crippen MR) is 92.4 cm³/mol. The second-order valence-corrected chi connectivity index (χ2v) is 6.26. The van der Waals surface area contributed by atoms with Crippen LogP contribution in [0.1, 0.15) is 19.8 Å². The van der Waals surface area contributed by atoms with Gasteiger partial charge in [0, 0.05) is 5.57 Å². The first kappa shape index (κ1) is 18.9. The summed E-state index contributed by atoms with van der Waals surface area (Å²) in [5.41, 5.74) is 6.10. The van der Waals surface area contributed by atoms with Gasteiger partial charge < -0.3 is 16.2 Å². The van der Waals surface area contributed by atoms with Gasteiger partial charge in [0.05, 0.1) is 0 Å². The summed E-state index contributed by atoms with van der Waals surface area (Å²) in [6.45, 7) is 1.29. The molecule has 0 spiro atoms. The number of nitrogens with one attached hydrogen (secondary N) is 1. The van der Waals surface area contributed by atoms with Gasteiger partial charge in [-0.1, -0.05) is 18.2 Å². The second kappa shape index (κ2) is 7.66. The highest BCUT2D eigenvalue weighted by molar-refractivity contribution is 7.81. The van der Waals surface area contributed by atoms with Gasteiger partial charge in [-0.2, -0.15) is 12.6 Å². The van der Waals surface area contributed by atoms with E-state index in [9.17, 15) is 24.3 Å². The maximum atomic E-state index is 12.3. The average molecular weight is 365 g/mol. The van der Waals surface area contributed by atoms with Crippen molar-refractivity contribution >= 4 is 36.7 Å². The van der Waals surface area contributed by atoms with Gasteiger partial charge in [-0.25, -0.2) is 4.79 Å². The number of likely N-dealkylation sites (tertiary alicyclic amines) is 1. The molecule has 1 saturated heterocycles. The molecular weight excluding hydrogens is 346 g/mol. The Balaban J connectivity index is 2.07. The van der Waals surface area contributed by atoms with Crippen LogP contribution in [-0.2, 0) is 19.2 Å². The van der Waals surface area contributed by atoms with E-state index in [0.29, 0.717) is 19.1 Å². The number of carbonyl (C=O) groups excluding carboxylic acids is 3. The highest BCUT2D eigenvalue weighted by Gasteiger charge is 2.50. The summed E-state index contributed by atoms with van der Waals surface area (Å²) in [5, 5.41) is 10.8. The van der Waals surface area contributed by atoms with E-state index >= 15 is 0 Å². The maximum absolute atomic E-state index is 12.3. The summed E-state index contributed by atoms with van der Waals surface area (Å²) in [6, 6.07) is -1.89. The van der Waals surface area contributed by atoms with Crippen LogP contribution in [-0.4, -0.2) is 51.5 Å². The van der Waals surface area contributed by atoms with Crippen LogP contribution < -0.4 is 11.1 Å². The van der Waals surface area contributed by atoms with Crippen molar-refractivity contribution in [3.63, 3.8) is 0 Å². The lowest BCUT2D eigenvalue weighted by Gasteiger charge is -2.45. The number of allylic oxidation sites excluding steroid dienone is 4. The van der Waals surface area contributed by atoms with Gasteiger partial charge in [0.1, 0.15) is 29.4 Å². The number of aliphatic carboxylic acids is 1. The Bertz CT molecular complexity index is 713. The first-order valence-electron chi connectivity index (χ1n) is 7.60. The number of rotatable bonds is 6. The first-order valence-corrected chi connectivity index (χ1v) is 8.11. The van der Waals surface area contributed by atoms with E-state index < -0.39 is 40.9 Å². The molecule has 1 aliphatic heterocycles. The zero-order valence-electron chi connectivity index (χ0n) is 13.5. The van der Waals surface area contributed by atoms with Crippen molar-refractivity contribution < 1.29 is 24.3 Å². The number of nitrogens with two attached hydrogens (primary N) is 1. The molecule has 25 heavy (non-hydrogen) atoms. The third-order valence-electron chi connectivity index (χ3n) is 4.08. The molecule has 1 heterocycles. The molecule has 2 aliphatic rings. The van der Waals surface area contributed by atoms with Crippen molar-refractivity contribution in [3.05, 3.63) is 35.1 Å². The fourth-order valence-electron chi connectivity index (χ4n) is 2.65. The van der Waals surface area contributed by atoms with Crippen molar-refractivity contribution in [1.82, 2.24) is 10.2 Å². The lowest BCUT2D eigenvalue weighted by atomic mass is 9.97. The van der Waals surface area contributed by atoms with Crippen molar-refractivity contribution in [1.29, 1.82) is 0 Å². The number of carbonyl (C=O) groups is 4. The van der Waals surface area contributed by atoms with E-state index in [1.165, 1.54) is 6.92 Å². The number of hydrogen-bond acceptors (Lipinski definition) is 6. The van der Waals surface area contributed by atoms with Crippen LogP contribution in [0.2, 0.25) is 0 Å². The smallest absolute Gasteiger partial charge is 0.353 e. The van der Waals surface area contributed by atoms with E-state index in [-0.39, 0.29) is 5.57 Å². The van der Waals surface area contributed by atoms with Crippen LogP contribution in [0, 0.1) is 0 Å². The minimum Gasteiger partial charge on any atom is -0.477 e. The van der Waals surface area contributed by atoms with Crippen LogP contribution in [0.25, 0.3) is 0 Å². The number of β-lactam (4-membered cyclic amide) rings is 1. The first-order chi connectivity index (χ1) is 11.8. The quantitative estimate of drug-likeness (QED) is 0.169. The molecular formula is C16H19N3O5S. The van der Waals surface area contributed by atoms with Crippen LogP contribution in [0.3, 0.4) is 0 Å². The number of thiol groups is 1. The lowest BCUT2D eigenvalue weighted by Crippen LogP contribution is -2.69. The third kappa shape index (κ3) is 3.67. The number of carboxylic acids is 1. The topological polar surface area (TPSA) is 130 Å². The van der Waals surface area contributed by atoms with Crippen molar-refractivity contribution in [3.8, 4) is 0 Å². The fraction of sp³-hybridized carbons (Fsp3) is 0.375. The van der Waals surface area contributed by atoms with Crippen LogP contribution in [0.5, 0.6) is 0 Å². The Morgan fingerprint density at radius 1 is 1.48 bits per heavy atom. The normalized spacial score (nSPS) is 24.7. The van der Waals surface area contributed by atoms with E-state index in [4.69, 9.17) is 5.73 Å². The van der Waals surface area contributed by atoms with Crippen LogP contribution in [0.4, 0.5) is 0 Å². The molecule has 0 aromatic carbocycles. The van der Waals surface area contributed by atoms with Crippen molar-refractivity contribution in [2.24, 2.45) is 5.73 Å². The molecule has 0 aromatic rings. The average Bonchev–Trinajstić information content (AvgIpc) is 2.62. The summed E-state index contributed by atoms with van der Waals surface area (Å²) in [4.78, 5) is 47.5. The van der Waals surface area contributed by atoms with E-state index in [1.54, 1.807) is 0 Å². The molecule has 2 amide bonds. The van der Waals surface area contributed by atoms with E-state index in [1.807, 2.05) is 18.2 Å². The Kier molecular flexibility index (Phi) is 5.81. The van der Waals surface area contributed by atoms with Gasteiger partial charge in [0.15, 0.2) is 0 Å². The minimum atomic E-state index is -1.42. The van der Waals surface area contributed by atoms with E-state index in [0.717, 1.165) is 10.5 Å². The molecule has 8 nitrogen and oxygen atoms in total. The molecule has 9 heteroatoms. The molecule has 0 radical (unpaired) electrons. The third-order valence-corrected chi connectivity index (χ3v) is 4.61. The molecule has 3 atom stereocenters. The predicted octanol–water partition coefficient (Wildman–Crippen LogP) is -0.269. The SMILES string of the molecule is CC(C=O)=C(C(=O)O)N1C(=O)[C@@H](NC(=O)[C@H](N)C2=CCC=CC2)[C@H]1S. The lowest BCUT2D eigenvalue weighted by molar-refractivity contribution is -0.150. The zero-order valence-corrected chi connectivity index (χ0v) is 14.4. The van der Waals surface area contributed by atoms with Crippen LogP contribution >= 0.6 is 12.6 Å².